The first-order valence-corrected chi connectivity index (χ1v) is 19.2. The molecule has 0 unspecified atom stereocenters. The van der Waals surface area contributed by atoms with E-state index in [2.05, 4.69) is 36.6 Å². The number of fused-ring (bicyclic) bond motifs is 2. The van der Waals surface area contributed by atoms with E-state index in [-0.39, 0.29) is 29.9 Å². The normalized spacial score (nSPS) is 19.5. The van der Waals surface area contributed by atoms with Gasteiger partial charge in [-0.25, -0.2) is 4.98 Å². The number of carbonyl (C=O) groups excluding carboxylic acids is 2. The monoisotopic (exact) mass is 768 g/mol. The highest BCUT2D eigenvalue weighted by Crippen LogP contribution is 2.41. The number of β-amino-alcohol motifs (C(OH)–C–C–N with tert-alkyl or cyclic N) is 1. The van der Waals surface area contributed by atoms with Gasteiger partial charge in [-0.3, -0.25) is 29.1 Å². The molecule has 3 aromatic heterocycles. The molecule has 1 amide bonds. The number of carbonyl (C=O) groups is 2. The fourth-order valence-electron chi connectivity index (χ4n) is 8.04. The predicted octanol–water partition coefficient (Wildman–Crippen LogP) is 7.08. The fraction of sp³-hybridized carbons (Fsp3) is 0.375. The smallest absolute Gasteiger partial charge is 0.308 e. The molecule has 54 heavy (non-hydrogen) atoms. The van der Waals surface area contributed by atoms with E-state index in [1.165, 1.54) is 7.11 Å². The Hall–Kier alpha value is -4.59. The van der Waals surface area contributed by atoms with Gasteiger partial charge in [0.25, 0.3) is 5.91 Å². The number of ether oxygens (including phenoxy) is 1. The van der Waals surface area contributed by atoms with E-state index in [0.717, 1.165) is 81.5 Å². The summed E-state index contributed by atoms with van der Waals surface area (Å²) >= 11 is 14.0. The number of aryl methyl sites for hydroxylation is 1. The van der Waals surface area contributed by atoms with Gasteiger partial charge in [-0.2, -0.15) is 5.10 Å². The maximum absolute atomic E-state index is 13.6. The van der Waals surface area contributed by atoms with Crippen LogP contribution in [0.5, 0.6) is 0 Å². The number of piperidine rings is 1. The zero-order chi connectivity index (χ0) is 37.3. The number of hydrogen-bond donors (Lipinski definition) is 3. The van der Waals surface area contributed by atoms with Crippen molar-refractivity contribution in [1.82, 2.24) is 29.5 Å². The van der Waals surface area contributed by atoms with Gasteiger partial charge in [0.05, 0.1) is 52.3 Å². The van der Waals surface area contributed by atoms with Crippen LogP contribution in [-0.4, -0.2) is 85.9 Å². The van der Waals surface area contributed by atoms with Crippen LogP contribution < -0.4 is 10.6 Å². The summed E-state index contributed by atoms with van der Waals surface area (Å²) in [5.41, 5.74) is 5.53. The third-order valence-corrected chi connectivity index (χ3v) is 11.7. The lowest BCUT2D eigenvalue weighted by Crippen LogP contribution is -2.40. The molecule has 2 atom stereocenters. The maximum atomic E-state index is 13.6. The van der Waals surface area contributed by atoms with Crippen molar-refractivity contribution >= 4 is 63.2 Å². The molecule has 12 nitrogen and oxygen atoms in total. The largest absolute Gasteiger partial charge is 0.469 e. The highest BCUT2D eigenvalue weighted by molar-refractivity contribution is 6.39. The number of aliphatic hydroxyl groups excluding tert-OH is 1. The molecule has 8 rings (SSSR count). The van der Waals surface area contributed by atoms with E-state index < -0.39 is 0 Å². The number of hydrogen-bond acceptors (Lipinski definition) is 10. The lowest BCUT2D eigenvalue weighted by atomic mass is 9.93. The number of amides is 1. The highest BCUT2D eigenvalue weighted by Gasteiger charge is 2.34. The van der Waals surface area contributed by atoms with Gasteiger partial charge >= 0.3 is 5.97 Å². The summed E-state index contributed by atoms with van der Waals surface area (Å²) in [6.45, 7) is 4.59. The van der Waals surface area contributed by atoms with E-state index >= 15 is 0 Å². The molecule has 0 radical (unpaired) electrons. The maximum Gasteiger partial charge on any atom is 0.308 e. The van der Waals surface area contributed by atoms with Crippen molar-refractivity contribution in [3.05, 3.63) is 94.0 Å². The van der Waals surface area contributed by atoms with Gasteiger partial charge in [-0.05, 0) is 81.1 Å². The van der Waals surface area contributed by atoms with E-state index in [0.29, 0.717) is 56.1 Å². The van der Waals surface area contributed by atoms with E-state index in [4.69, 9.17) is 32.9 Å². The lowest BCUT2D eigenvalue weighted by Gasteiger charge is -2.38. The number of aliphatic hydroxyl groups is 1. The van der Waals surface area contributed by atoms with E-state index in [1.54, 1.807) is 12.3 Å². The molecule has 2 saturated heterocycles. The molecule has 280 valence electrons. The number of methoxy groups -OCH3 is 1. The minimum Gasteiger partial charge on any atom is -0.469 e. The summed E-state index contributed by atoms with van der Waals surface area (Å²) in [5, 5.41) is 22.7. The Kier molecular flexibility index (Phi) is 10.5. The summed E-state index contributed by atoms with van der Waals surface area (Å²) in [5.74, 6) is 0.0112. The molecule has 3 aliphatic heterocycles. The van der Waals surface area contributed by atoms with Crippen LogP contribution in [0.1, 0.15) is 59.9 Å². The summed E-state index contributed by atoms with van der Waals surface area (Å²) < 4.78 is 6.90. The first kappa shape index (κ1) is 36.4. The number of rotatable bonds is 9. The van der Waals surface area contributed by atoms with Gasteiger partial charge in [0.1, 0.15) is 5.52 Å². The van der Waals surface area contributed by atoms with Crippen LogP contribution >= 0.6 is 23.2 Å². The van der Waals surface area contributed by atoms with Gasteiger partial charge in [0.2, 0.25) is 0 Å². The Morgan fingerprint density at radius 1 is 0.926 bits per heavy atom. The van der Waals surface area contributed by atoms with Gasteiger partial charge in [-0.1, -0.05) is 47.5 Å². The third kappa shape index (κ3) is 7.41. The zero-order valence-electron chi connectivity index (χ0n) is 30.0. The standard InChI is InChI=1S/C40H42Cl2N8O4/c1-54-40(53)25-11-17-49(18-12-25)33-9-4-15-50-34(33)20-32(47-50)39(52)46-31-8-3-6-29(36(31)42)28-5-2-7-30(35(28)41)45-38-37-26(10-14-43-38)19-24(21-44-37)22-48-16-13-27(51)23-48/h2-3,5-8,10,14,19-21,25,27,33,51H,4,9,11-13,15-18,22-23H2,1H3,(H,43,45)(H,46,52)/t27-,33-/m0/s1. The van der Waals surface area contributed by atoms with Crippen LogP contribution in [0.25, 0.3) is 22.0 Å². The third-order valence-electron chi connectivity index (χ3n) is 10.8. The topological polar surface area (TPSA) is 138 Å². The molecule has 6 heterocycles. The van der Waals surface area contributed by atoms with Gasteiger partial charge in [-0.15, -0.1) is 0 Å². The minimum absolute atomic E-state index is 0.0647. The Balaban J connectivity index is 0.982. The molecule has 3 N–H and O–H groups in total. The Morgan fingerprint density at radius 3 is 2.43 bits per heavy atom. The Labute approximate surface area is 323 Å². The predicted molar refractivity (Wildman–Crippen MR) is 209 cm³/mol. The molecule has 14 heteroatoms. The van der Waals surface area contributed by atoms with Gasteiger partial charge in [0.15, 0.2) is 11.5 Å². The lowest BCUT2D eigenvalue weighted by molar-refractivity contribution is -0.147. The van der Waals surface area contributed by atoms with Crippen molar-refractivity contribution in [2.75, 3.05) is 43.9 Å². The Bertz CT molecular complexity index is 2200. The molecule has 2 fully saturated rings. The van der Waals surface area contributed by atoms with E-state index in [1.807, 2.05) is 53.3 Å². The summed E-state index contributed by atoms with van der Waals surface area (Å²) in [6.07, 6.45) is 7.55. The number of esters is 1. The number of likely N-dealkylation sites (tertiary alicyclic amines) is 2. The van der Waals surface area contributed by atoms with Crippen LogP contribution in [0.2, 0.25) is 10.0 Å². The SMILES string of the molecule is COC(=O)C1CCN([C@H]2CCCn3nc(C(=O)Nc4cccc(-c5cccc(Nc6nccc7cc(CN8CC[C@H](O)C8)cnc67)c5Cl)c4Cl)cc32)CC1. The number of benzene rings is 2. The molecular formula is C40H42Cl2N8O4. The number of halogens is 2. The number of anilines is 3. The molecule has 2 aromatic carbocycles. The summed E-state index contributed by atoms with van der Waals surface area (Å²) in [4.78, 5) is 39.7. The molecule has 0 bridgehead atoms. The molecule has 0 spiro atoms. The van der Waals surface area contributed by atoms with Crippen molar-refractivity contribution in [1.29, 1.82) is 0 Å². The number of nitrogens with zero attached hydrogens (tertiary/aromatic N) is 6. The number of pyridine rings is 2. The zero-order valence-corrected chi connectivity index (χ0v) is 31.5. The van der Waals surface area contributed by atoms with Crippen LogP contribution in [0.4, 0.5) is 17.2 Å². The number of nitrogens with one attached hydrogen (secondary N) is 2. The molecule has 0 aliphatic carbocycles. The first-order chi connectivity index (χ1) is 26.2. The van der Waals surface area contributed by atoms with Gasteiger partial charge < -0.3 is 20.5 Å². The quantitative estimate of drug-likeness (QED) is 0.133. The fourth-order valence-corrected chi connectivity index (χ4v) is 8.59. The Morgan fingerprint density at radius 2 is 1.69 bits per heavy atom. The van der Waals surface area contributed by atoms with Crippen LogP contribution in [-0.2, 0) is 22.6 Å². The van der Waals surface area contributed by atoms with Crippen LogP contribution in [0.15, 0.2) is 67.0 Å². The second kappa shape index (κ2) is 15.6. The van der Waals surface area contributed by atoms with E-state index in [9.17, 15) is 14.7 Å². The van der Waals surface area contributed by atoms with Crippen molar-refractivity contribution in [3.63, 3.8) is 0 Å². The second-order valence-electron chi connectivity index (χ2n) is 14.3. The van der Waals surface area contributed by atoms with Crippen molar-refractivity contribution < 1.29 is 19.4 Å². The number of aromatic nitrogens is 4. The first-order valence-electron chi connectivity index (χ1n) is 18.4. The molecule has 5 aromatic rings. The molecular weight excluding hydrogens is 727 g/mol. The molecule has 3 aliphatic rings. The average molecular weight is 770 g/mol. The van der Waals surface area contributed by atoms with Gasteiger partial charge in [0, 0.05) is 55.1 Å². The average Bonchev–Trinajstić information content (AvgIpc) is 3.82. The summed E-state index contributed by atoms with van der Waals surface area (Å²) in [6, 6.07) is 17.1. The van der Waals surface area contributed by atoms with Crippen molar-refractivity contribution in [2.24, 2.45) is 5.92 Å². The van der Waals surface area contributed by atoms with Crippen LogP contribution in [0, 0.1) is 5.92 Å². The molecule has 0 saturated carbocycles. The van der Waals surface area contributed by atoms with Crippen molar-refractivity contribution in [2.45, 2.75) is 57.3 Å². The highest BCUT2D eigenvalue weighted by atomic mass is 35.5. The van der Waals surface area contributed by atoms with Crippen molar-refractivity contribution in [3.8, 4) is 11.1 Å². The minimum atomic E-state index is -0.351. The second-order valence-corrected chi connectivity index (χ2v) is 15.1. The summed E-state index contributed by atoms with van der Waals surface area (Å²) in [7, 11) is 1.44. The van der Waals surface area contributed by atoms with Crippen LogP contribution in [0.3, 0.4) is 0 Å².